The molecule has 0 saturated heterocycles. The summed E-state index contributed by atoms with van der Waals surface area (Å²) in [4.78, 5) is 23.2. The summed E-state index contributed by atoms with van der Waals surface area (Å²) in [7, 11) is 0. The van der Waals surface area contributed by atoms with Gasteiger partial charge in [0, 0.05) is 58.8 Å². The lowest BCUT2D eigenvalue weighted by Gasteiger charge is -2.13. The number of carbonyl (C=O) groups is 1. The van der Waals surface area contributed by atoms with E-state index in [4.69, 9.17) is 4.98 Å². The number of nitrogens with one attached hydrogen (secondary N) is 3. The van der Waals surface area contributed by atoms with Crippen LogP contribution in [0.4, 0.5) is 5.00 Å². The fraction of sp³-hybridized carbons (Fsp3) is 0.409. The summed E-state index contributed by atoms with van der Waals surface area (Å²) in [5, 5.41) is 13.8. The van der Waals surface area contributed by atoms with Gasteiger partial charge >= 0.3 is 0 Å². The van der Waals surface area contributed by atoms with Crippen molar-refractivity contribution in [2.75, 3.05) is 18.4 Å². The SMILES string of the molecule is Cc1ccc(-c2csc(-c3c(NC(=O)CCNC(C)C)sc4c3CCNC4)n2)cn1. The van der Waals surface area contributed by atoms with Crippen LogP contribution in [0, 0.1) is 6.92 Å². The number of pyridine rings is 1. The van der Waals surface area contributed by atoms with E-state index < -0.39 is 0 Å². The van der Waals surface area contributed by atoms with Crippen molar-refractivity contribution in [2.24, 2.45) is 0 Å². The molecule has 1 aliphatic rings. The third-order valence-electron chi connectivity index (χ3n) is 5.01. The van der Waals surface area contributed by atoms with Crippen LogP contribution in [-0.4, -0.2) is 35.0 Å². The minimum Gasteiger partial charge on any atom is -0.317 e. The Labute approximate surface area is 185 Å². The first-order chi connectivity index (χ1) is 14.5. The van der Waals surface area contributed by atoms with Crippen molar-refractivity contribution in [2.45, 2.75) is 46.2 Å². The van der Waals surface area contributed by atoms with Crippen LogP contribution in [0.15, 0.2) is 23.7 Å². The zero-order chi connectivity index (χ0) is 21.1. The Balaban J connectivity index is 1.61. The number of rotatable bonds is 7. The summed E-state index contributed by atoms with van der Waals surface area (Å²) in [6.07, 6.45) is 3.27. The molecule has 4 heterocycles. The molecule has 0 unspecified atom stereocenters. The molecule has 0 spiro atoms. The fourth-order valence-electron chi connectivity index (χ4n) is 3.45. The first kappa shape index (κ1) is 21.1. The van der Waals surface area contributed by atoms with E-state index in [9.17, 15) is 4.79 Å². The Kier molecular flexibility index (Phi) is 6.58. The Bertz CT molecular complexity index is 1020. The molecule has 3 aromatic rings. The fourth-order valence-corrected chi connectivity index (χ4v) is 5.66. The molecule has 0 radical (unpaired) electrons. The van der Waals surface area contributed by atoms with Crippen molar-refractivity contribution in [1.82, 2.24) is 20.6 Å². The molecule has 0 saturated carbocycles. The summed E-state index contributed by atoms with van der Waals surface area (Å²) in [6, 6.07) is 4.43. The molecule has 0 fully saturated rings. The highest BCUT2D eigenvalue weighted by atomic mass is 32.1. The number of amides is 1. The monoisotopic (exact) mass is 441 g/mol. The maximum atomic E-state index is 12.6. The van der Waals surface area contributed by atoms with E-state index in [1.54, 1.807) is 22.7 Å². The molecule has 0 bridgehead atoms. The number of anilines is 1. The maximum absolute atomic E-state index is 12.6. The van der Waals surface area contributed by atoms with Crippen LogP contribution in [0.5, 0.6) is 0 Å². The molecule has 4 rings (SSSR count). The Morgan fingerprint density at radius 3 is 2.97 bits per heavy atom. The van der Waals surface area contributed by atoms with Crippen LogP contribution in [0.1, 0.15) is 36.4 Å². The molecule has 1 aliphatic heterocycles. The maximum Gasteiger partial charge on any atom is 0.226 e. The number of thiazole rings is 1. The normalized spacial score (nSPS) is 13.5. The molecule has 158 valence electrons. The summed E-state index contributed by atoms with van der Waals surface area (Å²) < 4.78 is 0. The molecule has 6 nitrogen and oxygen atoms in total. The number of hydrogen-bond acceptors (Lipinski definition) is 7. The Morgan fingerprint density at radius 2 is 2.20 bits per heavy atom. The minimum absolute atomic E-state index is 0.0375. The number of nitrogens with zero attached hydrogens (tertiary/aromatic N) is 2. The predicted octanol–water partition coefficient (Wildman–Crippen LogP) is 4.21. The van der Waals surface area contributed by atoms with Crippen LogP contribution >= 0.6 is 22.7 Å². The van der Waals surface area contributed by atoms with Crippen molar-refractivity contribution >= 4 is 33.6 Å². The van der Waals surface area contributed by atoms with Gasteiger partial charge in [-0.15, -0.1) is 22.7 Å². The summed E-state index contributed by atoms with van der Waals surface area (Å²) in [5.74, 6) is 0.0375. The second kappa shape index (κ2) is 9.34. The van der Waals surface area contributed by atoms with Crippen LogP contribution in [0.25, 0.3) is 21.8 Å². The first-order valence-corrected chi connectivity index (χ1v) is 12.0. The van der Waals surface area contributed by atoms with Crippen molar-refractivity contribution < 1.29 is 4.79 Å². The largest absolute Gasteiger partial charge is 0.317 e. The van der Waals surface area contributed by atoms with Crippen LogP contribution in [0.2, 0.25) is 0 Å². The highest BCUT2D eigenvalue weighted by Gasteiger charge is 2.25. The third-order valence-corrected chi connectivity index (χ3v) is 7.02. The molecule has 8 heteroatoms. The summed E-state index contributed by atoms with van der Waals surface area (Å²) in [6.45, 7) is 8.61. The van der Waals surface area contributed by atoms with Crippen LogP contribution in [0.3, 0.4) is 0 Å². The number of carbonyl (C=O) groups excluding carboxylic acids is 1. The zero-order valence-electron chi connectivity index (χ0n) is 17.5. The molecule has 1 amide bonds. The van der Waals surface area contributed by atoms with Gasteiger partial charge in [0.1, 0.15) is 10.0 Å². The third kappa shape index (κ3) is 4.78. The minimum atomic E-state index is 0.0375. The molecule has 0 atom stereocenters. The number of thiophene rings is 1. The second-order valence-electron chi connectivity index (χ2n) is 7.77. The summed E-state index contributed by atoms with van der Waals surface area (Å²) in [5.41, 5.74) is 5.34. The highest BCUT2D eigenvalue weighted by molar-refractivity contribution is 7.18. The van der Waals surface area contributed by atoms with Crippen LogP contribution in [-0.2, 0) is 17.8 Å². The van der Waals surface area contributed by atoms with Gasteiger partial charge in [-0.3, -0.25) is 9.78 Å². The second-order valence-corrected chi connectivity index (χ2v) is 9.73. The van der Waals surface area contributed by atoms with E-state index in [2.05, 4.69) is 46.2 Å². The molecule has 0 aromatic carbocycles. The van der Waals surface area contributed by atoms with Gasteiger partial charge in [0.25, 0.3) is 0 Å². The van der Waals surface area contributed by atoms with Gasteiger partial charge in [0.15, 0.2) is 0 Å². The first-order valence-electron chi connectivity index (χ1n) is 10.3. The number of aromatic nitrogens is 2. The molecular weight excluding hydrogens is 414 g/mol. The van der Waals surface area contributed by atoms with E-state index in [0.717, 1.165) is 52.0 Å². The lowest BCUT2D eigenvalue weighted by atomic mass is 10.0. The van der Waals surface area contributed by atoms with Gasteiger partial charge in [-0.1, -0.05) is 13.8 Å². The zero-order valence-corrected chi connectivity index (χ0v) is 19.2. The van der Waals surface area contributed by atoms with E-state index in [0.29, 0.717) is 19.0 Å². The van der Waals surface area contributed by atoms with Crippen molar-refractivity contribution in [3.05, 3.63) is 39.8 Å². The lowest BCUT2D eigenvalue weighted by molar-refractivity contribution is -0.116. The average Bonchev–Trinajstić information content (AvgIpc) is 3.32. The Morgan fingerprint density at radius 1 is 1.33 bits per heavy atom. The number of fused-ring (bicyclic) bond motifs is 1. The average molecular weight is 442 g/mol. The highest BCUT2D eigenvalue weighted by Crippen LogP contribution is 2.44. The topological polar surface area (TPSA) is 78.9 Å². The standard InChI is InChI=1S/C22H27N5OS2/c1-13(2)24-9-7-19(28)27-22-20(16-6-8-23-11-18(16)30-22)21-26-17(12-29-21)15-5-4-14(3)25-10-15/h4-5,10,12-13,23-24H,6-9,11H2,1-3H3,(H,27,28). The van der Waals surface area contributed by atoms with E-state index in [-0.39, 0.29) is 5.91 Å². The van der Waals surface area contributed by atoms with Crippen molar-refractivity contribution in [3.63, 3.8) is 0 Å². The van der Waals surface area contributed by atoms with Gasteiger partial charge in [-0.05, 0) is 37.6 Å². The predicted molar refractivity (Wildman–Crippen MR) is 125 cm³/mol. The van der Waals surface area contributed by atoms with Crippen molar-refractivity contribution in [1.29, 1.82) is 0 Å². The van der Waals surface area contributed by atoms with Gasteiger partial charge in [-0.2, -0.15) is 0 Å². The van der Waals surface area contributed by atoms with Gasteiger partial charge in [-0.25, -0.2) is 4.98 Å². The molecule has 3 aromatic heterocycles. The van der Waals surface area contributed by atoms with E-state index in [1.807, 2.05) is 19.2 Å². The smallest absolute Gasteiger partial charge is 0.226 e. The quantitative estimate of drug-likeness (QED) is 0.512. The van der Waals surface area contributed by atoms with Gasteiger partial charge in [0.05, 0.1) is 5.69 Å². The summed E-state index contributed by atoms with van der Waals surface area (Å²) >= 11 is 3.30. The van der Waals surface area contributed by atoms with Gasteiger partial charge in [0.2, 0.25) is 5.91 Å². The van der Waals surface area contributed by atoms with Gasteiger partial charge < -0.3 is 16.0 Å². The van der Waals surface area contributed by atoms with Crippen LogP contribution < -0.4 is 16.0 Å². The Hall–Kier alpha value is -2.13. The molecule has 30 heavy (non-hydrogen) atoms. The lowest BCUT2D eigenvalue weighted by Crippen LogP contribution is -2.27. The van der Waals surface area contributed by atoms with E-state index >= 15 is 0 Å². The molecule has 0 aliphatic carbocycles. The van der Waals surface area contributed by atoms with Crippen molar-refractivity contribution in [3.8, 4) is 21.8 Å². The molecular formula is C22H27N5OS2. The molecule has 3 N–H and O–H groups in total. The number of aryl methyl sites for hydroxylation is 1. The van der Waals surface area contributed by atoms with E-state index in [1.165, 1.54) is 10.4 Å². The number of hydrogen-bond donors (Lipinski definition) is 3.